The summed E-state index contributed by atoms with van der Waals surface area (Å²) < 4.78 is 2.02. The molecule has 1 aliphatic heterocycles. The Morgan fingerprint density at radius 2 is 1.88 bits per heavy atom. The van der Waals surface area contributed by atoms with Crippen molar-refractivity contribution in [3.8, 4) is 0 Å². The molecule has 0 aliphatic carbocycles. The predicted octanol–water partition coefficient (Wildman–Crippen LogP) is 3.15. The minimum atomic E-state index is 0.493. The summed E-state index contributed by atoms with van der Waals surface area (Å²) in [6, 6.07) is 11.1. The van der Waals surface area contributed by atoms with E-state index in [1.54, 1.807) is 0 Å². The number of nitrogens with zero attached hydrogens (tertiary/aromatic N) is 7. The first-order chi connectivity index (χ1) is 15.5. The van der Waals surface area contributed by atoms with Crippen molar-refractivity contribution in [2.24, 2.45) is 0 Å². The van der Waals surface area contributed by atoms with Gasteiger partial charge >= 0.3 is 0 Å². The van der Waals surface area contributed by atoms with E-state index in [9.17, 15) is 0 Å². The SMILES string of the molecule is Cc1ccc(Cc2nc(Cc3ccn4ccnc4c3)cc(N3CCN(C)[C@@H](C)C3)n2)nc1. The highest BCUT2D eigenvalue weighted by Gasteiger charge is 2.22. The summed E-state index contributed by atoms with van der Waals surface area (Å²) in [5, 5.41) is 0. The van der Waals surface area contributed by atoms with E-state index < -0.39 is 0 Å². The van der Waals surface area contributed by atoms with Crippen molar-refractivity contribution in [1.82, 2.24) is 29.2 Å². The van der Waals surface area contributed by atoms with E-state index in [-0.39, 0.29) is 0 Å². The van der Waals surface area contributed by atoms with Crippen molar-refractivity contribution in [1.29, 1.82) is 0 Å². The number of imidazole rings is 1. The third-order valence-corrected chi connectivity index (χ3v) is 6.26. The molecule has 0 spiro atoms. The topological polar surface area (TPSA) is 62.5 Å². The Morgan fingerprint density at radius 1 is 0.969 bits per heavy atom. The average Bonchev–Trinajstić information content (AvgIpc) is 3.25. The molecule has 0 saturated carbocycles. The van der Waals surface area contributed by atoms with Gasteiger partial charge in [-0.1, -0.05) is 6.07 Å². The normalized spacial score (nSPS) is 17.2. The Hall–Kier alpha value is -3.32. The third-order valence-electron chi connectivity index (χ3n) is 6.26. The second-order valence-electron chi connectivity index (χ2n) is 8.82. The first-order valence-corrected chi connectivity index (χ1v) is 11.2. The fourth-order valence-electron chi connectivity index (χ4n) is 4.16. The molecule has 0 radical (unpaired) electrons. The lowest BCUT2D eigenvalue weighted by Crippen LogP contribution is -2.50. The first-order valence-electron chi connectivity index (χ1n) is 11.2. The summed E-state index contributed by atoms with van der Waals surface area (Å²) in [5.74, 6) is 1.83. The molecule has 5 rings (SSSR count). The number of hydrogen-bond acceptors (Lipinski definition) is 6. The highest BCUT2D eigenvalue weighted by atomic mass is 15.3. The van der Waals surface area contributed by atoms with Crippen LogP contribution in [0.2, 0.25) is 0 Å². The molecule has 1 fully saturated rings. The molecular weight excluding hydrogens is 398 g/mol. The zero-order valence-electron chi connectivity index (χ0n) is 18.9. The summed E-state index contributed by atoms with van der Waals surface area (Å²) >= 11 is 0. The maximum absolute atomic E-state index is 4.96. The van der Waals surface area contributed by atoms with Gasteiger partial charge in [-0.25, -0.2) is 15.0 Å². The minimum absolute atomic E-state index is 0.493. The van der Waals surface area contributed by atoms with E-state index in [0.717, 1.165) is 60.3 Å². The molecular formula is C25H29N7. The maximum Gasteiger partial charge on any atom is 0.136 e. The van der Waals surface area contributed by atoms with Crippen LogP contribution in [-0.4, -0.2) is 62.0 Å². The molecule has 7 heteroatoms. The van der Waals surface area contributed by atoms with Gasteiger partial charge in [-0.05, 0) is 50.2 Å². The molecule has 0 aromatic carbocycles. The molecule has 4 aromatic heterocycles. The Balaban J connectivity index is 1.47. The van der Waals surface area contributed by atoms with Crippen LogP contribution < -0.4 is 4.90 Å². The lowest BCUT2D eigenvalue weighted by atomic mass is 10.1. The summed E-state index contributed by atoms with van der Waals surface area (Å²) in [6.07, 6.45) is 9.12. The van der Waals surface area contributed by atoms with E-state index in [2.05, 4.69) is 77.2 Å². The van der Waals surface area contributed by atoms with Crippen LogP contribution in [0.5, 0.6) is 0 Å². The summed E-state index contributed by atoms with van der Waals surface area (Å²) in [5.41, 5.74) is 5.32. The van der Waals surface area contributed by atoms with Gasteiger partial charge < -0.3 is 14.2 Å². The van der Waals surface area contributed by atoms with Gasteiger partial charge in [-0.2, -0.15) is 0 Å². The number of likely N-dealkylation sites (N-methyl/N-ethyl adjacent to an activating group) is 1. The maximum atomic E-state index is 4.96. The van der Waals surface area contributed by atoms with Gasteiger partial charge in [0.05, 0.1) is 12.1 Å². The Morgan fingerprint density at radius 3 is 2.69 bits per heavy atom. The molecule has 0 amide bonds. The predicted molar refractivity (Wildman–Crippen MR) is 126 cm³/mol. The average molecular weight is 428 g/mol. The number of aromatic nitrogens is 5. The molecule has 5 heterocycles. The van der Waals surface area contributed by atoms with Crippen LogP contribution >= 0.6 is 0 Å². The zero-order valence-corrected chi connectivity index (χ0v) is 18.9. The van der Waals surface area contributed by atoms with Gasteiger partial charge in [0.2, 0.25) is 0 Å². The molecule has 32 heavy (non-hydrogen) atoms. The molecule has 1 aliphatic rings. The van der Waals surface area contributed by atoms with Crippen LogP contribution in [0.15, 0.2) is 55.1 Å². The second-order valence-corrected chi connectivity index (χ2v) is 8.82. The van der Waals surface area contributed by atoms with Crippen LogP contribution in [0.3, 0.4) is 0 Å². The molecule has 1 atom stereocenters. The van der Waals surface area contributed by atoms with Crippen LogP contribution in [0.4, 0.5) is 5.82 Å². The lowest BCUT2D eigenvalue weighted by Gasteiger charge is -2.38. The highest BCUT2D eigenvalue weighted by Crippen LogP contribution is 2.20. The Bertz CT molecular complexity index is 1210. The first kappa shape index (κ1) is 20.6. The lowest BCUT2D eigenvalue weighted by molar-refractivity contribution is 0.233. The second kappa shape index (κ2) is 8.67. The minimum Gasteiger partial charge on any atom is -0.354 e. The smallest absolute Gasteiger partial charge is 0.136 e. The molecule has 0 bridgehead atoms. The monoisotopic (exact) mass is 427 g/mol. The van der Waals surface area contributed by atoms with Crippen molar-refractivity contribution in [2.75, 3.05) is 31.6 Å². The van der Waals surface area contributed by atoms with Gasteiger partial charge in [-0.15, -0.1) is 0 Å². The van der Waals surface area contributed by atoms with Gasteiger partial charge in [-0.3, -0.25) is 4.98 Å². The van der Waals surface area contributed by atoms with Crippen LogP contribution in [0.25, 0.3) is 5.65 Å². The summed E-state index contributed by atoms with van der Waals surface area (Å²) in [6.45, 7) is 7.29. The van der Waals surface area contributed by atoms with Crippen molar-refractivity contribution in [3.05, 3.63) is 83.5 Å². The summed E-state index contributed by atoms with van der Waals surface area (Å²) in [4.78, 5) is 23.7. The standard InChI is InChI=1S/C25H29N7/c1-18-4-5-21(27-16-18)14-23-28-22(12-20-6-8-31-9-7-26-24(31)13-20)15-25(29-23)32-11-10-30(3)19(2)17-32/h4-9,13,15-16,19H,10-12,14,17H2,1-3H3/t19-/m0/s1. The molecule has 0 N–H and O–H groups in total. The number of anilines is 1. The van der Waals surface area contributed by atoms with Gasteiger partial charge in [0.15, 0.2) is 0 Å². The van der Waals surface area contributed by atoms with Gasteiger partial charge in [0, 0.05) is 68.6 Å². The molecule has 0 unspecified atom stereocenters. The van der Waals surface area contributed by atoms with E-state index in [1.165, 1.54) is 5.56 Å². The zero-order chi connectivity index (χ0) is 22.1. The number of fused-ring (bicyclic) bond motifs is 1. The third kappa shape index (κ3) is 4.48. The van der Waals surface area contributed by atoms with E-state index >= 15 is 0 Å². The van der Waals surface area contributed by atoms with Crippen LogP contribution in [-0.2, 0) is 12.8 Å². The fraction of sp³-hybridized carbons (Fsp3) is 0.360. The fourth-order valence-corrected chi connectivity index (χ4v) is 4.16. The highest BCUT2D eigenvalue weighted by molar-refractivity contribution is 5.45. The molecule has 1 saturated heterocycles. The van der Waals surface area contributed by atoms with Crippen molar-refractivity contribution in [3.63, 3.8) is 0 Å². The van der Waals surface area contributed by atoms with Crippen molar-refractivity contribution >= 4 is 11.5 Å². The number of rotatable bonds is 5. The van der Waals surface area contributed by atoms with Crippen molar-refractivity contribution in [2.45, 2.75) is 32.7 Å². The van der Waals surface area contributed by atoms with Crippen LogP contribution in [0, 0.1) is 6.92 Å². The summed E-state index contributed by atoms with van der Waals surface area (Å²) in [7, 11) is 2.19. The number of piperazine rings is 1. The van der Waals surface area contributed by atoms with Gasteiger partial charge in [0.25, 0.3) is 0 Å². The molecule has 164 valence electrons. The van der Waals surface area contributed by atoms with E-state index in [0.29, 0.717) is 12.5 Å². The quantitative estimate of drug-likeness (QED) is 0.488. The number of pyridine rings is 2. The van der Waals surface area contributed by atoms with Gasteiger partial charge in [0.1, 0.15) is 17.3 Å². The van der Waals surface area contributed by atoms with Crippen molar-refractivity contribution < 1.29 is 0 Å². The Kier molecular flexibility index (Phi) is 5.57. The van der Waals surface area contributed by atoms with Crippen LogP contribution in [0.1, 0.15) is 35.3 Å². The van der Waals surface area contributed by atoms with E-state index in [4.69, 9.17) is 9.97 Å². The molecule has 4 aromatic rings. The van der Waals surface area contributed by atoms with E-state index in [1.807, 2.05) is 23.0 Å². The molecule has 7 nitrogen and oxygen atoms in total. The number of aryl methyl sites for hydroxylation is 1. The largest absolute Gasteiger partial charge is 0.354 e. The number of hydrogen-bond donors (Lipinski definition) is 0. The Labute approximate surface area is 188 Å².